The van der Waals surface area contributed by atoms with Crippen molar-refractivity contribution in [2.75, 3.05) is 0 Å². The third-order valence-corrected chi connectivity index (χ3v) is 3.28. The van der Waals surface area contributed by atoms with Crippen LogP contribution in [-0.4, -0.2) is 29.8 Å². The van der Waals surface area contributed by atoms with E-state index in [-0.39, 0.29) is 0 Å². The standard InChI is InChI=1S/C11H14F8O2/c1-5(2)7(12)8(13,6(3)4)21-9(20-7,10(14,15)16)11(17,18)19/h5-6H,1-4H3. The molecule has 1 saturated heterocycles. The first-order valence-corrected chi connectivity index (χ1v) is 5.97. The van der Waals surface area contributed by atoms with Crippen LogP contribution in [0, 0.1) is 11.8 Å². The summed E-state index contributed by atoms with van der Waals surface area (Å²) >= 11 is 0. The van der Waals surface area contributed by atoms with Gasteiger partial charge in [0.05, 0.1) is 0 Å². The molecule has 0 amide bonds. The molecule has 1 rings (SSSR count). The zero-order valence-electron chi connectivity index (χ0n) is 11.5. The largest absolute Gasteiger partial charge is 0.453 e. The molecule has 0 saturated carbocycles. The number of alkyl halides is 8. The molecule has 2 nitrogen and oxygen atoms in total. The van der Waals surface area contributed by atoms with Gasteiger partial charge in [-0.1, -0.05) is 27.7 Å². The highest BCUT2D eigenvalue weighted by Crippen LogP contribution is 2.62. The topological polar surface area (TPSA) is 18.5 Å². The van der Waals surface area contributed by atoms with E-state index in [0.717, 1.165) is 27.7 Å². The smallest absolute Gasteiger partial charge is 0.293 e. The van der Waals surface area contributed by atoms with Gasteiger partial charge in [-0.3, -0.25) is 9.47 Å². The molecule has 0 aromatic carbocycles. The lowest BCUT2D eigenvalue weighted by molar-refractivity contribution is -0.460. The fraction of sp³-hybridized carbons (Fsp3) is 1.00. The Morgan fingerprint density at radius 2 is 0.905 bits per heavy atom. The van der Waals surface area contributed by atoms with Gasteiger partial charge >= 0.3 is 18.1 Å². The second-order valence-electron chi connectivity index (χ2n) is 5.42. The molecule has 1 aliphatic rings. The number of rotatable bonds is 2. The zero-order chi connectivity index (χ0) is 17.1. The fourth-order valence-corrected chi connectivity index (χ4v) is 1.99. The van der Waals surface area contributed by atoms with E-state index < -0.39 is 41.7 Å². The monoisotopic (exact) mass is 330 g/mol. The van der Waals surface area contributed by atoms with Crippen LogP contribution in [0.5, 0.6) is 0 Å². The minimum atomic E-state index is -6.21. The summed E-state index contributed by atoms with van der Waals surface area (Å²) in [5.41, 5.74) is 0. The van der Waals surface area contributed by atoms with Crippen molar-refractivity contribution in [3.8, 4) is 0 Å². The minimum absolute atomic E-state index is 0.892. The predicted molar refractivity (Wildman–Crippen MR) is 54.4 cm³/mol. The number of ether oxygens (including phenoxy) is 2. The van der Waals surface area contributed by atoms with Crippen LogP contribution in [0.1, 0.15) is 27.7 Å². The second-order valence-corrected chi connectivity index (χ2v) is 5.42. The number of hydrogen-bond acceptors (Lipinski definition) is 2. The van der Waals surface area contributed by atoms with E-state index in [9.17, 15) is 35.1 Å². The van der Waals surface area contributed by atoms with Gasteiger partial charge in [0, 0.05) is 11.8 Å². The Kier molecular flexibility index (Phi) is 4.10. The van der Waals surface area contributed by atoms with Gasteiger partial charge in [-0.05, 0) is 0 Å². The third kappa shape index (κ3) is 2.30. The highest BCUT2D eigenvalue weighted by atomic mass is 19.4. The highest BCUT2D eigenvalue weighted by Gasteiger charge is 2.87. The maximum atomic E-state index is 14.6. The van der Waals surface area contributed by atoms with Crippen LogP contribution in [0.15, 0.2) is 0 Å². The van der Waals surface area contributed by atoms with Crippen molar-refractivity contribution in [2.45, 2.75) is 57.5 Å². The Labute approximate surface area is 115 Å². The summed E-state index contributed by atoms with van der Waals surface area (Å²) in [7, 11) is 0. The molecule has 2 unspecified atom stereocenters. The van der Waals surface area contributed by atoms with Crippen LogP contribution >= 0.6 is 0 Å². The molecule has 0 N–H and O–H groups in total. The van der Waals surface area contributed by atoms with Gasteiger partial charge in [0.15, 0.2) is 0 Å². The van der Waals surface area contributed by atoms with Gasteiger partial charge < -0.3 is 0 Å². The molecular weight excluding hydrogens is 316 g/mol. The first kappa shape index (κ1) is 18.4. The molecule has 0 aromatic heterocycles. The minimum Gasteiger partial charge on any atom is -0.293 e. The average Bonchev–Trinajstić information content (AvgIpc) is 2.50. The molecule has 21 heavy (non-hydrogen) atoms. The van der Waals surface area contributed by atoms with Gasteiger partial charge in [-0.25, -0.2) is 8.78 Å². The van der Waals surface area contributed by atoms with Crippen molar-refractivity contribution in [3.05, 3.63) is 0 Å². The van der Waals surface area contributed by atoms with Gasteiger partial charge in [-0.15, -0.1) is 0 Å². The van der Waals surface area contributed by atoms with E-state index in [1.54, 1.807) is 0 Å². The third-order valence-electron chi connectivity index (χ3n) is 3.28. The summed E-state index contributed by atoms with van der Waals surface area (Å²) < 4.78 is 113. The van der Waals surface area contributed by atoms with Crippen molar-refractivity contribution >= 4 is 0 Å². The van der Waals surface area contributed by atoms with Gasteiger partial charge in [0.1, 0.15) is 0 Å². The first-order valence-electron chi connectivity index (χ1n) is 5.97. The molecule has 1 heterocycles. The summed E-state index contributed by atoms with van der Waals surface area (Å²) in [6, 6.07) is 0. The van der Waals surface area contributed by atoms with Crippen LogP contribution in [-0.2, 0) is 9.47 Å². The van der Waals surface area contributed by atoms with E-state index >= 15 is 0 Å². The van der Waals surface area contributed by atoms with Gasteiger partial charge in [0.2, 0.25) is 0 Å². The van der Waals surface area contributed by atoms with Gasteiger partial charge in [0.25, 0.3) is 11.7 Å². The maximum absolute atomic E-state index is 14.6. The van der Waals surface area contributed by atoms with Crippen LogP contribution in [0.3, 0.4) is 0 Å². The van der Waals surface area contributed by atoms with Gasteiger partial charge in [-0.2, -0.15) is 26.3 Å². The molecular formula is C11H14F8O2. The van der Waals surface area contributed by atoms with E-state index in [1.165, 1.54) is 0 Å². The normalized spacial score (nSPS) is 34.0. The van der Waals surface area contributed by atoms with Crippen LogP contribution in [0.2, 0.25) is 0 Å². The maximum Gasteiger partial charge on any atom is 0.453 e. The lowest BCUT2D eigenvalue weighted by Crippen LogP contribution is -2.59. The summed E-state index contributed by atoms with van der Waals surface area (Å²) in [5, 5.41) is 0. The molecule has 0 spiro atoms. The van der Waals surface area contributed by atoms with Crippen molar-refractivity contribution in [1.29, 1.82) is 0 Å². The van der Waals surface area contributed by atoms with Crippen LogP contribution < -0.4 is 0 Å². The summed E-state index contributed by atoms with van der Waals surface area (Å²) in [6.45, 7) is 3.57. The predicted octanol–water partition coefficient (Wildman–Crippen LogP) is 4.50. The fourth-order valence-electron chi connectivity index (χ4n) is 1.99. The van der Waals surface area contributed by atoms with Crippen molar-refractivity contribution in [2.24, 2.45) is 11.8 Å². The molecule has 0 bridgehead atoms. The Morgan fingerprint density at radius 1 is 0.667 bits per heavy atom. The summed E-state index contributed by atoms with van der Waals surface area (Å²) in [6.07, 6.45) is -12.4. The summed E-state index contributed by atoms with van der Waals surface area (Å²) in [4.78, 5) is 0. The van der Waals surface area contributed by atoms with E-state index in [0.29, 0.717) is 0 Å². The second kappa shape index (κ2) is 4.68. The summed E-state index contributed by atoms with van der Waals surface area (Å²) in [5.74, 6) is -16.5. The molecule has 126 valence electrons. The molecule has 0 aliphatic carbocycles. The number of hydrogen-bond donors (Lipinski definition) is 0. The van der Waals surface area contributed by atoms with E-state index in [2.05, 4.69) is 9.47 Å². The Morgan fingerprint density at radius 3 is 1.05 bits per heavy atom. The molecule has 1 fully saturated rings. The molecule has 10 heteroatoms. The van der Waals surface area contributed by atoms with Crippen LogP contribution in [0.4, 0.5) is 35.1 Å². The van der Waals surface area contributed by atoms with E-state index in [4.69, 9.17) is 0 Å². The average molecular weight is 330 g/mol. The lowest BCUT2D eigenvalue weighted by Gasteiger charge is -2.35. The Hall–Kier alpha value is -0.640. The quantitative estimate of drug-likeness (QED) is 0.694. The zero-order valence-corrected chi connectivity index (χ0v) is 11.5. The van der Waals surface area contributed by atoms with Crippen molar-refractivity contribution in [3.63, 3.8) is 0 Å². The SMILES string of the molecule is CC(C)C1(F)OC(C(F)(F)F)(C(F)(F)F)OC1(F)C(C)C. The van der Waals surface area contributed by atoms with Crippen LogP contribution in [0.25, 0.3) is 0 Å². The highest BCUT2D eigenvalue weighted by molar-refractivity contribution is 5.05. The number of halogens is 8. The Balaban J connectivity index is 3.57. The molecule has 0 radical (unpaired) electrons. The molecule has 2 atom stereocenters. The lowest BCUT2D eigenvalue weighted by atomic mass is 9.89. The molecule has 0 aromatic rings. The van der Waals surface area contributed by atoms with Crippen molar-refractivity contribution in [1.82, 2.24) is 0 Å². The van der Waals surface area contributed by atoms with E-state index in [1.807, 2.05) is 0 Å². The van der Waals surface area contributed by atoms with Crippen molar-refractivity contribution < 1.29 is 44.6 Å². The molecule has 1 aliphatic heterocycles. The Bertz CT molecular complexity index is 364. The first-order chi connectivity index (χ1) is 9.05.